The van der Waals surface area contributed by atoms with Gasteiger partial charge < -0.3 is 14.4 Å². The summed E-state index contributed by atoms with van der Waals surface area (Å²) in [6.45, 7) is 6.73. The van der Waals surface area contributed by atoms with Gasteiger partial charge in [0.05, 0.1) is 19.1 Å². The normalized spacial score (nSPS) is 15.0. The Balaban J connectivity index is 1.61. The molecule has 1 aliphatic rings. The molecule has 14 heteroatoms. The van der Waals surface area contributed by atoms with Crippen LogP contribution in [0.5, 0.6) is 5.88 Å². The van der Waals surface area contributed by atoms with E-state index in [-0.39, 0.29) is 35.5 Å². The van der Waals surface area contributed by atoms with Crippen molar-refractivity contribution in [1.82, 2.24) is 35.1 Å². The lowest BCUT2D eigenvalue weighted by Crippen LogP contribution is -2.39. The van der Waals surface area contributed by atoms with Crippen LogP contribution in [0.4, 0.5) is 18.0 Å². The highest BCUT2D eigenvalue weighted by molar-refractivity contribution is 7.99. The SMILES string of the molecule is CCOC(=O)N1CCC(n2nnnc2COc2nc(SCCC(F)(F)F)nc(C)c2C)CC1. The van der Waals surface area contributed by atoms with E-state index in [1.165, 1.54) is 0 Å². The minimum absolute atomic E-state index is 0.00555. The standard InChI is InChI=1S/C19H26F3N7O3S/c1-4-31-18(30)28-8-5-14(6-9-28)29-15(25-26-27-29)11-32-16-12(2)13(3)23-17(24-16)33-10-7-19(20,21)22/h14H,4-11H2,1-3H3. The molecule has 182 valence electrons. The summed E-state index contributed by atoms with van der Waals surface area (Å²) in [6.07, 6.45) is -4.14. The first kappa shape index (κ1) is 25.0. The summed E-state index contributed by atoms with van der Waals surface area (Å²) in [7, 11) is 0. The number of rotatable bonds is 8. The number of hydrogen-bond donors (Lipinski definition) is 0. The van der Waals surface area contributed by atoms with Gasteiger partial charge in [0.25, 0.3) is 0 Å². The molecule has 10 nitrogen and oxygen atoms in total. The van der Waals surface area contributed by atoms with Gasteiger partial charge in [0.2, 0.25) is 5.88 Å². The molecule has 3 rings (SSSR count). The number of ether oxygens (including phenoxy) is 2. The molecular weight excluding hydrogens is 463 g/mol. The summed E-state index contributed by atoms with van der Waals surface area (Å²) in [5.41, 5.74) is 1.32. The lowest BCUT2D eigenvalue weighted by atomic mass is 10.1. The van der Waals surface area contributed by atoms with Gasteiger partial charge >= 0.3 is 12.3 Å². The van der Waals surface area contributed by atoms with Crippen molar-refractivity contribution in [2.24, 2.45) is 0 Å². The van der Waals surface area contributed by atoms with Gasteiger partial charge in [-0.2, -0.15) is 18.2 Å². The van der Waals surface area contributed by atoms with Crippen molar-refractivity contribution in [2.75, 3.05) is 25.4 Å². The van der Waals surface area contributed by atoms with Crippen LogP contribution in [0, 0.1) is 13.8 Å². The van der Waals surface area contributed by atoms with Crippen molar-refractivity contribution in [1.29, 1.82) is 0 Å². The van der Waals surface area contributed by atoms with Crippen LogP contribution in [-0.4, -0.2) is 72.8 Å². The molecule has 2 aromatic heterocycles. The van der Waals surface area contributed by atoms with E-state index in [9.17, 15) is 18.0 Å². The molecule has 0 radical (unpaired) electrons. The molecule has 1 fully saturated rings. The summed E-state index contributed by atoms with van der Waals surface area (Å²) < 4.78 is 49.8. The van der Waals surface area contributed by atoms with E-state index in [1.54, 1.807) is 30.4 Å². The second-order valence-corrected chi connectivity index (χ2v) is 8.54. The number of halogens is 3. The zero-order chi connectivity index (χ0) is 24.0. The van der Waals surface area contributed by atoms with Gasteiger partial charge in [-0.1, -0.05) is 11.8 Å². The largest absolute Gasteiger partial charge is 0.469 e. The quantitative estimate of drug-likeness (QED) is 0.407. The van der Waals surface area contributed by atoms with Gasteiger partial charge in [-0.15, -0.1) is 5.10 Å². The monoisotopic (exact) mass is 489 g/mol. The lowest BCUT2D eigenvalue weighted by Gasteiger charge is -2.31. The average molecular weight is 490 g/mol. The summed E-state index contributed by atoms with van der Waals surface area (Å²) in [5, 5.41) is 12.1. The van der Waals surface area contributed by atoms with Gasteiger partial charge in [-0.3, -0.25) is 0 Å². The van der Waals surface area contributed by atoms with Crippen LogP contribution >= 0.6 is 11.8 Å². The zero-order valence-corrected chi connectivity index (χ0v) is 19.4. The molecule has 0 bridgehead atoms. The number of aromatic nitrogens is 6. The van der Waals surface area contributed by atoms with Crippen molar-refractivity contribution in [2.45, 2.75) is 64.0 Å². The summed E-state index contributed by atoms with van der Waals surface area (Å²) >= 11 is 0.929. The molecule has 1 amide bonds. The van der Waals surface area contributed by atoms with Crippen LogP contribution in [0.1, 0.15) is 49.3 Å². The van der Waals surface area contributed by atoms with E-state index in [1.807, 2.05) is 0 Å². The molecule has 1 saturated heterocycles. The first-order valence-corrected chi connectivity index (χ1v) is 11.5. The Morgan fingerprint density at radius 2 is 1.94 bits per heavy atom. The maximum atomic E-state index is 12.4. The van der Waals surface area contributed by atoms with E-state index in [4.69, 9.17) is 9.47 Å². The highest BCUT2D eigenvalue weighted by Crippen LogP contribution is 2.28. The van der Waals surface area contributed by atoms with Crippen molar-refractivity contribution in [3.63, 3.8) is 0 Å². The molecule has 0 aliphatic carbocycles. The first-order chi connectivity index (χ1) is 15.7. The number of hydrogen-bond acceptors (Lipinski definition) is 9. The maximum Gasteiger partial charge on any atom is 0.409 e. The number of nitrogens with zero attached hydrogens (tertiary/aromatic N) is 7. The lowest BCUT2D eigenvalue weighted by molar-refractivity contribution is -0.129. The number of amides is 1. The topological polar surface area (TPSA) is 108 Å². The Labute approximate surface area is 193 Å². The van der Waals surface area contributed by atoms with E-state index in [2.05, 4.69) is 25.5 Å². The van der Waals surface area contributed by atoms with Crippen molar-refractivity contribution in [3.8, 4) is 5.88 Å². The Kier molecular flexibility index (Phi) is 8.32. The fourth-order valence-electron chi connectivity index (χ4n) is 3.27. The Hall–Kier alpha value is -2.64. The van der Waals surface area contributed by atoms with Crippen LogP contribution in [0.3, 0.4) is 0 Å². The summed E-state index contributed by atoms with van der Waals surface area (Å²) in [6, 6.07) is 0.00555. The minimum Gasteiger partial charge on any atom is -0.469 e. The van der Waals surface area contributed by atoms with Crippen LogP contribution < -0.4 is 4.74 Å². The Morgan fingerprint density at radius 1 is 1.21 bits per heavy atom. The average Bonchev–Trinajstić information content (AvgIpc) is 3.23. The molecule has 0 atom stereocenters. The molecule has 0 spiro atoms. The molecule has 0 unspecified atom stereocenters. The molecule has 3 heterocycles. The summed E-state index contributed by atoms with van der Waals surface area (Å²) in [5.74, 6) is 0.601. The van der Waals surface area contributed by atoms with E-state index < -0.39 is 12.6 Å². The number of thioether (sulfide) groups is 1. The van der Waals surface area contributed by atoms with Crippen molar-refractivity contribution in [3.05, 3.63) is 17.1 Å². The smallest absolute Gasteiger partial charge is 0.409 e. The number of piperidine rings is 1. The first-order valence-electron chi connectivity index (χ1n) is 10.5. The molecule has 0 N–H and O–H groups in total. The number of alkyl halides is 3. The predicted molar refractivity (Wildman–Crippen MR) is 112 cm³/mol. The second kappa shape index (κ2) is 11.0. The number of likely N-dealkylation sites (tertiary alicyclic amines) is 1. The molecule has 33 heavy (non-hydrogen) atoms. The molecule has 1 aliphatic heterocycles. The Morgan fingerprint density at radius 3 is 2.61 bits per heavy atom. The van der Waals surface area contributed by atoms with Crippen LogP contribution in [0.15, 0.2) is 5.16 Å². The number of aryl methyl sites for hydroxylation is 1. The number of tetrazole rings is 1. The second-order valence-electron chi connectivity index (χ2n) is 7.48. The molecule has 0 aromatic carbocycles. The predicted octanol–water partition coefficient (Wildman–Crippen LogP) is 3.50. The maximum absolute atomic E-state index is 12.4. The highest BCUT2D eigenvalue weighted by Gasteiger charge is 2.28. The van der Waals surface area contributed by atoms with Gasteiger partial charge in [-0.05, 0) is 44.0 Å². The Bertz CT molecular complexity index is 949. The van der Waals surface area contributed by atoms with Crippen molar-refractivity contribution >= 4 is 17.9 Å². The van der Waals surface area contributed by atoms with E-state index >= 15 is 0 Å². The third-order valence-corrected chi connectivity index (χ3v) is 6.03. The minimum atomic E-state index is -4.23. The van der Waals surface area contributed by atoms with Crippen LogP contribution in [0.2, 0.25) is 0 Å². The van der Waals surface area contributed by atoms with Gasteiger partial charge in [-0.25, -0.2) is 14.5 Å². The van der Waals surface area contributed by atoms with E-state index in [0.717, 1.165) is 11.8 Å². The van der Waals surface area contributed by atoms with Gasteiger partial charge in [0.1, 0.15) is 0 Å². The molecule has 0 saturated carbocycles. The third-order valence-electron chi connectivity index (χ3n) is 5.18. The molecular formula is C19H26F3N7O3S. The van der Waals surface area contributed by atoms with Crippen molar-refractivity contribution < 1.29 is 27.4 Å². The fraction of sp³-hybridized carbons (Fsp3) is 0.684. The van der Waals surface area contributed by atoms with Gasteiger partial charge in [0.15, 0.2) is 17.6 Å². The number of carbonyl (C=O) groups is 1. The number of carbonyl (C=O) groups excluding carboxylic acids is 1. The third kappa shape index (κ3) is 6.92. The summed E-state index contributed by atoms with van der Waals surface area (Å²) in [4.78, 5) is 22.1. The van der Waals surface area contributed by atoms with Crippen LogP contribution in [-0.2, 0) is 11.3 Å². The van der Waals surface area contributed by atoms with Gasteiger partial charge in [0, 0.05) is 30.1 Å². The molecule has 2 aromatic rings. The van der Waals surface area contributed by atoms with E-state index in [0.29, 0.717) is 49.6 Å². The zero-order valence-electron chi connectivity index (χ0n) is 18.6. The fourth-order valence-corrected chi connectivity index (χ4v) is 4.14. The highest BCUT2D eigenvalue weighted by atomic mass is 32.2. The van der Waals surface area contributed by atoms with Crippen LogP contribution in [0.25, 0.3) is 0 Å².